The van der Waals surface area contributed by atoms with Gasteiger partial charge in [-0.25, -0.2) is 0 Å². The Bertz CT molecular complexity index is 1020. The van der Waals surface area contributed by atoms with Crippen LogP contribution in [0.2, 0.25) is 0 Å². The van der Waals surface area contributed by atoms with Crippen LogP contribution in [0.1, 0.15) is 11.5 Å². The molecule has 8 nitrogen and oxygen atoms in total. The van der Waals surface area contributed by atoms with Gasteiger partial charge in [-0.3, -0.25) is 0 Å². The van der Waals surface area contributed by atoms with Crippen LogP contribution in [0.15, 0.2) is 53.1 Å². The van der Waals surface area contributed by atoms with Crippen LogP contribution >= 0.6 is 0 Å². The van der Waals surface area contributed by atoms with Gasteiger partial charge in [0, 0.05) is 11.1 Å². The highest BCUT2D eigenvalue weighted by atomic mass is 16.5. The van der Waals surface area contributed by atoms with Crippen molar-refractivity contribution in [2.45, 2.75) is 13.5 Å². The van der Waals surface area contributed by atoms with E-state index in [1.807, 2.05) is 55.5 Å². The molecule has 0 amide bonds. The van der Waals surface area contributed by atoms with Gasteiger partial charge in [-0.15, -0.1) is 10.2 Å². The minimum atomic E-state index is 0.246. The zero-order chi connectivity index (χ0) is 17.9. The molecular formula is C18H16N6O2. The highest BCUT2D eigenvalue weighted by molar-refractivity contribution is 5.56. The number of methoxy groups -OCH3 is 1. The molecule has 2 aromatic heterocycles. The number of tetrazole rings is 1. The number of hydrogen-bond donors (Lipinski definition) is 0. The quantitative estimate of drug-likeness (QED) is 0.547. The van der Waals surface area contributed by atoms with E-state index in [1.54, 1.807) is 7.11 Å². The molecule has 0 aliphatic heterocycles. The highest BCUT2D eigenvalue weighted by Crippen LogP contribution is 2.20. The Labute approximate surface area is 149 Å². The summed E-state index contributed by atoms with van der Waals surface area (Å²) >= 11 is 0. The lowest BCUT2D eigenvalue weighted by molar-refractivity contribution is 0.356. The monoisotopic (exact) mass is 348 g/mol. The van der Waals surface area contributed by atoms with Crippen molar-refractivity contribution >= 4 is 0 Å². The van der Waals surface area contributed by atoms with Gasteiger partial charge in [-0.2, -0.15) is 9.78 Å². The predicted octanol–water partition coefficient (Wildman–Crippen LogP) is 2.76. The summed E-state index contributed by atoms with van der Waals surface area (Å²) in [6, 6.07) is 15.4. The van der Waals surface area contributed by atoms with Crippen molar-refractivity contribution in [2.24, 2.45) is 0 Å². The van der Waals surface area contributed by atoms with Gasteiger partial charge in [-0.1, -0.05) is 47.1 Å². The Morgan fingerprint density at radius 3 is 2.69 bits per heavy atom. The molecule has 2 heterocycles. The van der Waals surface area contributed by atoms with E-state index in [1.165, 1.54) is 10.4 Å². The molecule has 0 unspecified atom stereocenters. The van der Waals surface area contributed by atoms with E-state index in [-0.39, 0.29) is 6.54 Å². The fraction of sp³-hybridized carbons (Fsp3) is 0.167. The van der Waals surface area contributed by atoms with Crippen molar-refractivity contribution in [1.82, 2.24) is 30.3 Å². The molecule has 4 aromatic rings. The van der Waals surface area contributed by atoms with Crippen molar-refractivity contribution in [3.63, 3.8) is 0 Å². The van der Waals surface area contributed by atoms with Crippen molar-refractivity contribution in [1.29, 1.82) is 0 Å². The fourth-order valence-electron chi connectivity index (χ4n) is 2.45. The molecule has 2 aromatic carbocycles. The Kier molecular flexibility index (Phi) is 4.14. The zero-order valence-electron chi connectivity index (χ0n) is 14.3. The summed E-state index contributed by atoms with van der Waals surface area (Å²) in [4.78, 5) is 5.81. The first-order chi connectivity index (χ1) is 12.7. The molecule has 4 rings (SSSR count). The SMILES string of the molecule is COc1cccc(-c2nnn(Cc3nc(-c4ccc(C)cc4)no3)n2)c1. The lowest BCUT2D eigenvalue weighted by Crippen LogP contribution is -2.04. The molecule has 0 radical (unpaired) electrons. The topological polar surface area (TPSA) is 91.8 Å². The second-order valence-electron chi connectivity index (χ2n) is 5.75. The maximum Gasteiger partial charge on any atom is 0.250 e. The number of benzene rings is 2. The normalized spacial score (nSPS) is 10.8. The molecule has 0 saturated carbocycles. The van der Waals surface area contributed by atoms with Crippen LogP contribution in [0.5, 0.6) is 5.75 Å². The molecule has 0 bridgehead atoms. The van der Waals surface area contributed by atoms with Gasteiger partial charge in [0.05, 0.1) is 7.11 Å². The molecule has 0 aliphatic carbocycles. The lowest BCUT2D eigenvalue weighted by atomic mass is 10.1. The minimum absolute atomic E-state index is 0.246. The Balaban J connectivity index is 1.52. The number of hydrogen-bond acceptors (Lipinski definition) is 7. The molecule has 0 aliphatic rings. The van der Waals surface area contributed by atoms with Crippen LogP contribution < -0.4 is 4.74 Å². The molecule has 8 heteroatoms. The molecule has 0 atom stereocenters. The molecule has 0 spiro atoms. The molecule has 26 heavy (non-hydrogen) atoms. The van der Waals surface area contributed by atoms with Gasteiger partial charge in [-0.05, 0) is 24.3 Å². The molecule has 0 saturated heterocycles. The Morgan fingerprint density at radius 1 is 1.04 bits per heavy atom. The fourth-order valence-corrected chi connectivity index (χ4v) is 2.45. The number of rotatable bonds is 5. The molecule has 130 valence electrons. The summed E-state index contributed by atoms with van der Waals surface area (Å²) in [7, 11) is 1.62. The van der Waals surface area contributed by atoms with Crippen molar-refractivity contribution in [3.8, 4) is 28.5 Å². The van der Waals surface area contributed by atoms with Gasteiger partial charge >= 0.3 is 0 Å². The van der Waals surface area contributed by atoms with E-state index in [2.05, 4.69) is 25.6 Å². The van der Waals surface area contributed by atoms with E-state index in [4.69, 9.17) is 9.26 Å². The van der Waals surface area contributed by atoms with Crippen molar-refractivity contribution < 1.29 is 9.26 Å². The van der Waals surface area contributed by atoms with Gasteiger partial charge in [0.15, 0.2) is 0 Å². The average molecular weight is 348 g/mol. The Hall–Kier alpha value is -3.55. The first-order valence-electron chi connectivity index (χ1n) is 8.03. The third kappa shape index (κ3) is 3.30. The summed E-state index contributed by atoms with van der Waals surface area (Å²) in [5, 5.41) is 16.5. The molecule has 0 fully saturated rings. The third-order valence-corrected chi connectivity index (χ3v) is 3.84. The lowest BCUT2D eigenvalue weighted by Gasteiger charge is -2.00. The van der Waals surface area contributed by atoms with E-state index >= 15 is 0 Å². The van der Waals surface area contributed by atoms with Gasteiger partial charge in [0.2, 0.25) is 11.6 Å². The highest BCUT2D eigenvalue weighted by Gasteiger charge is 2.12. The Morgan fingerprint density at radius 2 is 1.88 bits per heavy atom. The number of nitrogens with zero attached hydrogens (tertiary/aromatic N) is 6. The van der Waals surface area contributed by atoms with E-state index in [0.29, 0.717) is 17.5 Å². The van der Waals surface area contributed by atoms with Crippen LogP contribution in [-0.2, 0) is 6.54 Å². The van der Waals surface area contributed by atoms with Gasteiger partial charge in [0.25, 0.3) is 5.89 Å². The second kappa shape index (κ2) is 6.75. The second-order valence-corrected chi connectivity index (χ2v) is 5.75. The van der Waals surface area contributed by atoms with Crippen LogP contribution in [-0.4, -0.2) is 37.5 Å². The first kappa shape index (κ1) is 15.9. The van der Waals surface area contributed by atoms with Crippen LogP contribution in [0.25, 0.3) is 22.8 Å². The average Bonchev–Trinajstić information content (AvgIpc) is 3.33. The van der Waals surface area contributed by atoms with Crippen LogP contribution in [0, 0.1) is 6.92 Å². The van der Waals surface area contributed by atoms with E-state index < -0.39 is 0 Å². The summed E-state index contributed by atoms with van der Waals surface area (Å²) in [5.41, 5.74) is 2.89. The van der Waals surface area contributed by atoms with E-state index in [9.17, 15) is 0 Å². The van der Waals surface area contributed by atoms with Gasteiger partial charge in [0.1, 0.15) is 12.3 Å². The predicted molar refractivity (Wildman–Crippen MR) is 93.4 cm³/mol. The standard InChI is InChI=1S/C18H16N6O2/c1-12-6-8-13(9-7-12)17-19-16(26-22-17)11-24-21-18(20-23-24)14-4-3-5-15(10-14)25-2/h3-10H,11H2,1-2H3. The summed E-state index contributed by atoms with van der Waals surface area (Å²) in [6.45, 7) is 2.28. The van der Waals surface area contributed by atoms with Gasteiger partial charge < -0.3 is 9.26 Å². The van der Waals surface area contributed by atoms with Crippen molar-refractivity contribution in [2.75, 3.05) is 7.11 Å². The summed E-state index contributed by atoms with van der Waals surface area (Å²) in [5.74, 6) is 2.18. The zero-order valence-corrected chi connectivity index (χ0v) is 14.3. The molecule has 0 N–H and O–H groups in total. The molecular weight excluding hydrogens is 332 g/mol. The van der Waals surface area contributed by atoms with Crippen LogP contribution in [0.3, 0.4) is 0 Å². The first-order valence-corrected chi connectivity index (χ1v) is 8.03. The largest absolute Gasteiger partial charge is 0.497 e. The summed E-state index contributed by atoms with van der Waals surface area (Å²) in [6.07, 6.45) is 0. The van der Waals surface area contributed by atoms with E-state index in [0.717, 1.165) is 16.9 Å². The van der Waals surface area contributed by atoms with Crippen LogP contribution in [0.4, 0.5) is 0 Å². The smallest absolute Gasteiger partial charge is 0.250 e. The van der Waals surface area contributed by atoms with Crippen molar-refractivity contribution in [3.05, 3.63) is 60.0 Å². The number of ether oxygens (including phenoxy) is 1. The maximum absolute atomic E-state index is 5.29. The number of aryl methyl sites for hydroxylation is 1. The maximum atomic E-state index is 5.29. The number of aromatic nitrogens is 6. The summed E-state index contributed by atoms with van der Waals surface area (Å²) < 4.78 is 10.5. The third-order valence-electron chi connectivity index (χ3n) is 3.84. The minimum Gasteiger partial charge on any atom is -0.497 e.